The second-order valence-corrected chi connectivity index (χ2v) is 5.29. The molecule has 1 aromatic carbocycles. The maximum absolute atomic E-state index is 5.96. The van der Waals surface area contributed by atoms with Crippen LogP contribution in [0.5, 0.6) is 11.5 Å². The van der Waals surface area contributed by atoms with Gasteiger partial charge in [-0.25, -0.2) is 0 Å². The number of aromatic nitrogens is 2. The molecule has 0 bridgehead atoms. The molecular formula is C15H19N3O2. The van der Waals surface area contributed by atoms with E-state index in [1.165, 1.54) is 5.56 Å². The van der Waals surface area contributed by atoms with Crippen molar-refractivity contribution in [2.24, 2.45) is 0 Å². The number of benzene rings is 1. The van der Waals surface area contributed by atoms with Gasteiger partial charge in [0, 0.05) is 12.0 Å². The molecule has 3 rings (SSSR count). The summed E-state index contributed by atoms with van der Waals surface area (Å²) in [5.41, 5.74) is 9.10. The summed E-state index contributed by atoms with van der Waals surface area (Å²) in [6.45, 7) is 5.67. The first-order valence-corrected chi connectivity index (χ1v) is 6.89. The zero-order valence-corrected chi connectivity index (χ0v) is 11.8. The Kier molecular flexibility index (Phi) is 3.26. The molecule has 0 aliphatic carbocycles. The number of fused-ring (bicyclic) bond motifs is 1. The molecule has 0 amide bonds. The summed E-state index contributed by atoms with van der Waals surface area (Å²) < 4.78 is 11.5. The van der Waals surface area contributed by atoms with E-state index in [-0.39, 0.29) is 0 Å². The molecule has 3 N–H and O–H groups in total. The maximum Gasteiger partial charge on any atom is 0.161 e. The van der Waals surface area contributed by atoms with E-state index in [9.17, 15) is 0 Å². The fourth-order valence-electron chi connectivity index (χ4n) is 2.45. The van der Waals surface area contributed by atoms with Gasteiger partial charge in [-0.05, 0) is 29.2 Å². The SMILES string of the molecule is CC(C)c1cc2c(cc1-c1cn[nH]c1N)OCCCO2. The summed E-state index contributed by atoms with van der Waals surface area (Å²) in [6.07, 6.45) is 2.65. The lowest BCUT2D eigenvalue weighted by atomic mass is 9.93. The molecule has 0 atom stereocenters. The maximum atomic E-state index is 5.96. The van der Waals surface area contributed by atoms with Gasteiger partial charge in [0.1, 0.15) is 5.82 Å². The second-order valence-electron chi connectivity index (χ2n) is 5.29. The second kappa shape index (κ2) is 5.07. The summed E-state index contributed by atoms with van der Waals surface area (Å²) in [5, 5.41) is 6.79. The molecule has 0 fully saturated rings. The Labute approximate surface area is 118 Å². The third kappa shape index (κ3) is 2.19. The zero-order chi connectivity index (χ0) is 14.1. The minimum absolute atomic E-state index is 0.358. The highest BCUT2D eigenvalue weighted by molar-refractivity contribution is 5.78. The topological polar surface area (TPSA) is 73.2 Å². The van der Waals surface area contributed by atoms with Crippen molar-refractivity contribution in [2.75, 3.05) is 18.9 Å². The Balaban J connectivity index is 2.17. The lowest BCUT2D eigenvalue weighted by molar-refractivity contribution is 0.297. The third-order valence-electron chi connectivity index (χ3n) is 3.50. The molecule has 2 aromatic rings. The quantitative estimate of drug-likeness (QED) is 0.882. The van der Waals surface area contributed by atoms with Gasteiger partial charge in [-0.3, -0.25) is 5.10 Å². The highest BCUT2D eigenvalue weighted by Crippen LogP contribution is 2.41. The van der Waals surface area contributed by atoms with Crippen LogP contribution in [0.15, 0.2) is 18.3 Å². The summed E-state index contributed by atoms with van der Waals surface area (Å²) in [5.74, 6) is 2.53. The Morgan fingerprint density at radius 3 is 2.45 bits per heavy atom. The van der Waals surface area contributed by atoms with Crippen LogP contribution in [0, 0.1) is 0 Å². The number of H-pyrrole nitrogens is 1. The average molecular weight is 273 g/mol. The number of nitrogen functional groups attached to an aromatic ring is 1. The molecule has 5 heteroatoms. The van der Waals surface area contributed by atoms with E-state index in [4.69, 9.17) is 15.2 Å². The summed E-state index contributed by atoms with van der Waals surface area (Å²) in [4.78, 5) is 0. The van der Waals surface area contributed by atoms with Crippen molar-refractivity contribution in [1.29, 1.82) is 0 Å². The van der Waals surface area contributed by atoms with Crippen LogP contribution >= 0.6 is 0 Å². The van der Waals surface area contributed by atoms with Crippen LogP contribution in [0.2, 0.25) is 0 Å². The van der Waals surface area contributed by atoms with Crippen molar-refractivity contribution in [3.63, 3.8) is 0 Å². The number of hydrogen-bond donors (Lipinski definition) is 2. The van der Waals surface area contributed by atoms with Crippen LogP contribution in [0.4, 0.5) is 5.82 Å². The molecule has 0 unspecified atom stereocenters. The Bertz CT molecular complexity index is 620. The fourth-order valence-corrected chi connectivity index (χ4v) is 2.45. The van der Waals surface area contributed by atoms with Gasteiger partial charge in [0.15, 0.2) is 11.5 Å². The predicted molar refractivity (Wildman–Crippen MR) is 78.1 cm³/mol. The number of anilines is 1. The molecule has 20 heavy (non-hydrogen) atoms. The van der Waals surface area contributed by atoms with Crippen LogP contribution in [0.25, 0.3) is 11.1 Å². The van der Waals surface area contributed by atoms with Gasteiger partial charge in [-0.15, -0.1) is 0 Å². The lowest BCUT2D eigenvalue weighted by Crippen LogP contribution is -1.98. The highest BCUT2D eigenvalue weighted by atomic mass is 16.5. The van der Waals surface area contributed by atoms with Gasteiger partial charge in [-0.2, -0.15) is 5.10 Å². The van der Waals surface area contributed by atoms with Gasteiger partial charge in [0.2, 0.25) is 0 Å². The van der Waals surface area contributed by atoms with Crippen molar-refractivity contribution < 1.29 is 9.47 Å². The van der Waals surface area contributed by atoms with Gasteiger partial charge >= 0.3 is 0 Å². The molecule has 0 saturated carbocycles. The lowest BCUT2D eigenvalue weighted by Gasteiger charge is -2.16. The van der Waals surface area contributed by atoms with Crippen LogP contribution < -0.4 is 15.2 Å². The van der Waals surface area contributed by atoms with Crippen molar-refractivity contribution in [2.45, 2.75) is 26.2 Å². The molecule has 106 valence electrons. The zero-order valence-electron chi connectivity index (χ0n) is 11.8. The highest BCUT2D eigenvalue weighted by Gasteiger charge is 2.19. The van der Waals surface area contributed by atoms with Crippen LogP contribution in [0.1, 0.15) is 31.7 Å². The van der Waals surface area contributed by atoms with Crippen LogP contribution in [-0.2, 0) is 0 Å². The van der Waals surface area contributed by atoms with E-state index in [1.54, 1.807) is 6.20 Å². The molecule has 2 heterocycles. The minimum Gasteiger partial charge on any atom is -0.490 e. The number of nitrogens with zero attached hydrogens (tertiary/aromatic N) is 1. The van der Waals surface area contributed by atoms with Crippen LogP contribution in [-0.4, -0.2) is 23.4 Å². The molecule has 1 aliphatic rings. The summed E-state index contributed by atoms with van der Waals surface area (Å²) in [6, 6.07) is 4.07. The molecule has 0 radical (unpaired) electrons. The first-order chi connectivity index (χ1) is 9.66. The molecule has 5 nitrogen and oxygen atoms in total. The van der Waals surface area contributed by atoms with E-state index in [2.05, 4.69) is 30.1 Å². The summed E-state index contributed by atoms with van der Waals surface area (Å²) >= 11 is 0. The number of nitrogens with one attached hydrogen (secondary N) is 1. The first-order valence-electron chi connectivity index (χ1n) is 6.89. The Hall–Kier alpha value is -2.17. The first kappa shape index (κ1) is 12.8. The van der Waals surface area contributed by atoms with E-state index < -0.39 is 0 Å². The van der Waals surface area contributed by atoms with E-state index in [0.717, 1.165) is 29.0 Å². The largest absolute Gasteiger partial charge is 0.490 e. The normalized spacial score (nSPS) is 14.3. The van der Waals surface area contributed by atoms with Crippen molar-refractivity contribution >= 4 is 5.82 Å². The van der Waals surface area contributed by atoms with Crippen molar-refractivity contribution in [3.8, 4) is 22.6 Å². The predicted octanol–water partition coefficient (Wildman–Crippen LogP) is 2.94. The molecular weight excluding hydrogens is 254 g/mol. The standard InChI is InChI=1S/C15H19N3O2/c1-9(2)10-6-13-14(20-5-3-4-19-13)7-11(10)12-8-17-18-15(12)16/h6-9H,3-5H2,1-2H3,(H3,16,17,18). The number of aromatic amines is 1. The third-order valence-corrected chi connectivity index (χ3v) is 3.50. The Morgan fingerprint density at radius 1 is 1.15 bits per heavy atom. The number of rotatable bonds is 2. The van der Waals surface area contributed by atoms with E-state index in [0.29, 0.717) is 24.9 Å². The van der Waals surface area contributed by atoms with E-state index >= 15 is 0 Å². The molecule has 1 aliphatic heterocycles. The van der Waals surface area contributed by atoms with Crippen molar-refractivity contribution in [3.05, 3.63) is 23.9 Å². The number of ether oxygens (including phenoxy) is 2. The fraction of sp³-hybridized carbons (Fsp3) is 0.400. The molecule has 1 aromatic heterocycles. The van der Waals surface area contributed by atoms with E-state index in [1.807, 2.05) is 6.07 Å². The number of hydrogen-bond acceptors (Lipinski definition) is 4. The Morgan fingerprint density at radius 2 is 1.85 bits per heavy atom. The summed E-state index contributed by atoms with van der Waals surface area (Å²) in [7, 11) is 0. The minimum atomic E-state index is 0.358. The monoisotopic (exact) mass is 273 g/mol. The van der Waals surface area contributed by atoms with Gasteiger partial charge in [0.25, 0.3) is 0 Å². The van der Waals surface area contributed by atoms with Gasteiger partial charge in [0.05, 0.1) is 19.4 Å². The van der Waals surface area contributed by atoms with Gasteiger partial charge < -0.3 is 15.2 Å². The number of nitrogens with two attached hydrogens (primary N) is 1. The van der Waals surface area contributed by atoms with Crippen LogP contribution in [0.3, 0.4) is 0 Å². The molecule has 0 saturated heterocycles. The van der Waals surface area contributed by atoms with Gasteiger partial charge in [-0.1, -0.05) is 13.8 Å². The molecule has 0 spiro atoms. The van der Waals surface area contributed by atoms with Crippen molar-refractivity contribution in [1.82, 2.24) is 10.2 Å². The average Bonchev–Trinajstić information content (AvgIpc) is 2.72. The smallest absolute Gasteiger partial charge is 0.161 e.